The third-order valence-corrected chi connectivity index (χ3v) is 4.35. The highest BCUT2D eigenvalue weighted by Crippen LogP contribution is 2.24. The molecule has 0 fully saturated rings. The second-order valence-electron chi connectivity index (χ2n) is 6.21. The summed E-state index contributed by atoms with van der Waals surface area (Å²) in [5.41, 5.74) is 10.2. The molecule has 0 amide bonds. The van der Waals surface area contributed by atoms with Gasteiger partial charge in [-0.15, -0.1) is 0 Å². The number of carbonyl (C=O) groups is 1. The smallest absolute Gasteiger partial charge is 0.306 e. The van der Waals surface area contributed by atoms with Gasteiger partial charge in [0.05, 0.1) is 5.92 Å². The molecule has 4 nitrogen and oxygen atoms in total. The number of aliphatic imine (C=N–C) groups is 1. The Kier molecular flexibility index (Phi) is 9.02. The van der Waals surface area contributed by atoms with Crippen molar-refractivity contribution in [3.63, 3.8) is 0 Å². The molecule has 0 saturated heterocycles. The molecule has 0 heterocycles. The largest absolute Gasteiger partial charge is 0.481 e. The molecular weight excluding hydrogens is 300 g/mol. The van der Waals surface area contributed by atoms with Crippen molar-refractivity contribution in [2.24, 2.45) is 16.6 Å². The standard InChI is InChI=1S/C20H30N2O2/c1-4-22-19(14-18(20(23)24)10-7-13-21)16(3)11-12-17-9-6-5-8-15(17)2/h4-6,8-9,18H,7,10-14,21H2,1-3H3,(H,23,24)/b19-16+,22-4?. The Morgan fingerprint density at radius 3 is 2.67 bits per heavy atom. The first-order chi connectivity index (χ1) is 11.5. The molecule has 132 valence electrons. The molecular formula is C20H30N2O2. The van der Waals surface area contributed by atoms with Crippen molar-refractivity contribution in [2.45, 2.75) is 52.9 Å². The molecule has 1 aromatic carbocycles. The third kappa shape index (κ3) is 6.67. The molecule has 1 atom stereocenters. The van der Waals surface area contributed by atoms with Gasteiger partial charge >= 0.3 is 5.97 Å². The van der Waals surface area contributed by atoms with Crippen LogP contribution in [0.25, 0.3) is 0 Å². The van der Waals surface area contributed by atoms with Crippen molar-refractivity contribution in [3.05, 3.63) is 46.7 Å². The topological polar surface area (TPSA) is 75.7 Å². The summed E-state index contributed by atoms with van der Waals surface area (Å²) in [7, 11) is 0. The average Bonchev–Trinajstić information content (AvgIpc) is 2.56. The number of nitrogens with two attached hydrogens (primary N) is 1. The van der Waals surface area contributed by atoms with Crippen LogP contribution >= 0.6 is 0 Å². The average molecular weight is 330 g/mol. The molecule has 1 rings (SSSR count). The summed E-state index contributed by atoms with van der Waals surface area (Å²) in [6, 6.07) is 8.36. The van der Waals surface area contributed by atoms with E-state index in [9.17, 15) is 9.90 Å². The molecule has 0 aromatic heterocycles. The van der Waals surface area contributed by atoms with E-state index in [-0.39, 0.29) is 0 Å². The van der Waals surface area contributed by atoms with Gasteiger partial charge in [-0.2, -0.15) is 0 Å². The van der Waals surface area contributed by atoms with Gasteiger partial charge < -0.3 is 10.8 Å². The molecule has 24 heavy (non-hydrogen) atoms. The minimum Gasteiger partial charge on any atom is -0.481 e. The van der Waals surface area contributed by atoms with E-state index >= 15 is 0 Å². The maximum atomic E-state index is 11.5. The van der Waals surface area contributed by atoms with Gasteiger partial charge in [0, 0.05) is 18.3 Å². The highest BCUT2D eigenvalue weighted by molar-refractivity contribution is 5.70. The maximum Gasteiger partial charge on any atom is 0.306 e. The third-order valence-electron chi connectivity index (χ3n) is 4.35. The van der Waals surface area contributed by atoms with E-state index in [0.29, 0.717) is 19.4 Å². The molecule has 1 aromatic rings. The van der Waals surface area contributed by atoms with Gasteiger partial charge in [-0.25, -0.2) is 0 Å². The van der Waals surface area contributed by atoms with Crippen LogP contribution in [0.3, 0.4) is 0 Å². The number of allylic oxidation sites excluding steroid dienone is 2. The first-order valence-corrected chi connectivity index (χ1v) is 8.64. The second-order valence-corrected chi connectivity index (χ2v) is 6.21. The van der Waals surface area contributed by atoms with Gasteiger partial charge in [-0.3, -0.25) is 9.79 Å². The van der Waals surface area contributed by atoms with E-state index in [1.807, 2.05) is 13.0 Å². The van der Waals surface area contributed by atoms with E-state index in [1.54, 1.807) is 6.21 Å². The summed E-state index contributed by atoms with van der Waals surface area (Å²) in [5.74, 6) is -1.18. The van der Waals surface area contributed by atoms with E-state index in [1.165, 1.54) is 11.1 Å². The number of aryl methyl sites for hydroxylation is 2. The maximum absolute atomic E-state index is 11.5. The molecule has 0 radical (unpaired) electrons. The van der Waals surface area contributed by atoms with Crippen molar-refractivity contribution in [2.75, 3.05) is 6.54 Å². The van der Waals surface area contributed by atoms with E-state index in [0.717, 1.165) is 30.5 Å². The minimum atomic E-state index is -0.765. The van der Waals surface area contributed by atoms with Crippen molar-refractivity contribution in [1.82, 2.24) is 0 Å². The van der Waals surface area contributed by atoms with Crippen LogP contribution in [0.4, 0.5) is 0 Å². The van der Waals surface area contributed by atoms with Gasteiger partial charge in [0.15, 0.2) is 0 Å². The highest BCUT2D eigenvalue weighted by Gasteiger charge is 2.19. The number of hydrogen-bond acceptors (Lipinski definition) is 3. The summed E-state index contributed by atoms with van der Waals surface area (Å²) >= 11 is 0. The fourth-order valence-corrected chi connectivity index (χ4v) is 2.76. The van der Waals surface area contributed by atoms with Crippen LogP contribution in [-0.2, 0) is 11.2 Å². The number of aliphatic carboxylic acids is 1. The van der Waals surface area contributed by atoms with Crippen molar-refractivity contribution in [1.29, 1.82) is 0 Å². The van der Waals surface area contributed by atoms with Crippen LogP contribution in [0.1, 0.15) is 50.7 Å². The first-order valence-electron chi connectivity index (χ1n) is 8.64. The van der Waals surface area contributed by atoms with E-state index < -0.39 is 11.9 Å². The zero-order valence-corrected chi connectivity index (χ0v) is 15.1. The molecule has 1 unspecified atom stereocenters. The van der Waals surface area contributed by atoms with Crippen LogP contribution in [0.15, 0.2) is 40.5 Å². The normalized spacial score (nSPS) is 13.8. The van der Waals surface area contributed by atoms with Gasteiger partial charge in [-0.05, 0) is 64.1 Å². The Bertz CT molecular complexity index is 591. The Morgan fingerprint density at radius 2 is 2.08 bits per heavy atom. The lowest BCUT2D eigenvalue weighted by molar-refractivity contribution is -0.141. The molecule has 0 aliphatic heterocycles. The predicted octanol–water partition coefficient (Wildman–Crippen LogP) is 4.12. The zero-order chi connectivity index (χ0) is 17.9. The number of benzene rings is 1. The molecule has 0 aliphatic rings. The minimum absolute atomic E-state index is 0.416. The Balaban J connectivity index is 2.84. The van der Waals surface area contributed by atoms with Crippen molar-refractivity contribution < 1.29 is 9.90 Å². The quantitative estimate of drug-likeness (QED) is 0.634. The Morgan fingerprint density at radius 1 is 1.38 bits per heavy atom. The fourth-order valence-electron chi connectivity index (χ4n) is 2.76. The summed E-state index contributed by atoms with van der Waals surface area (Å²) < 4.78 is 0. The summed E-state index contributed by atoms with van der Waals surface area (Å²) in [4.78, 5) is 15.9. The zero-order valence-electron chi connectivity index (χ0n) is 15.1. The molecule has 0 saturated carbocycles. The van der Waals surface area contributed by atoms with Crippen LogP contribution in [0.5, 0.6) is 0 Å². The number of carboxylic acid groups (broad SMARTS) is 1. The molecule has 0 bridgehead atoms. The number of carboxylic acids is 1. The summed E-state index contributed by atoms with van der Waals surface area (Å²) in [6.07, 6.45) is 5.37. The number of hydrogen-bond donors (Lipinski definition) is 2. The molecule has 0 aliphatic carbocycles. The number of rotatable bonds is 10. The first kappa shape index (κ1) is 20.1. The van der Waals surface area contributed by atoms with Gasteiger partial charge in [0.25, 0.3) is 0 Å². The number of nitrogens with zero attached hydrogens (tertiary/aromatic N) is 1. The summed E-state index contributed by atoms with van der Waals surface area (Å²) in [6.45, 7) is 6.56. The van der Waals surface area contributed by atoms with Crippen molar-refractivity contribution >= 4 is 12.2 Å². The Hall–Kier alpha value is -1.94. The molecule has 3 N–H and O–H groups in total. The van der Waals surface area contributed by atoms with Crippen molar-refractivity contribution in [3.8, 4) is 0 Å². The molecule has 0 spiro atoms. The lowest BCUT2D eigenvalue weighted by atomic mass is 9.94. The molecule has 4 heteroatoms. The second kappa shape index (κ2) is 10.8. The monoisotopic (exact) mass is 330 g/mol. The fraction of sp³-hybridized carbons (Fsp3) is 0.500. The van der Waals surface area contributed by atoms with E-state index in [4.69, 9.17) is 5.73 Å². The van der Waals surface area contributed by atoms with Crippen LogP contribution in [0.2, 0.25) is 0 Å². The highest BCUT2D eigenvalue weighted by atomic mass is 16.4. The van der Waals surface area contributed by atoms with Crippen LogP contribution in [-0.4, -0.2) is 23.8 Å². The van der Waals surface area contributed by atoms with Crippen LogP contribution in [0, 0.1) is 12.8 Å². The van der Waals surface area contributed by atoms with Gasteiger partial charge in [0.1, 0.15) is 0 Å². The SMILES string of the molecule is CC=N/C(CC(CCCN)C(=O)O)=C(\C)CCc1ccccc1C. The Labute approximate surface area is 145 Å². The summed E-state index contributed by atoms with van der Waals surface area (Å²) in [5, 5.41) is 9.43. The van der Waals surface area contributed by atoms with Gasteiger partial charge in [0.2, 0.25) is 0 Å². The van der Waals surface area contributed by atoms with Gasteiger partial charge in [-0.1, -0.05) is 29.8 Å². The lowest BCUT2D eigenvalue weighted by Gasteiger charge is -2.15. The van der Waals surface area contributed by atoms with Crippen LogP contribution < -0.4 is 5.73 Å². The predicted molar refractivity (Wildman–Crippen MR) is 100 cm³/mol. The lowest BCUT2D eigenvalue weighted by Crippen LogP contribution is -2.16. The van der Waals surface area contributed by atoms with E-state index in [2.05, 4.69) is 37.0 Å².